The van der Waals surface area contributed by atoms with Gasteiger partial charge in [-0.1, -0.05) is 103 Å². The van der Waals surface area contributed by atoms with Gasteiger partial charge in [0.15, 0.2) is 0 Å². The van der Waals surface area contributed by atoms with Gasteiger partial charge in [0, 0.05) is 49.3 Å². The zero-order valence-corrected chi connectivity index (χ0v) is 24.3. The summed E-state index contributed by atoms with van der Waals surface area (Å²) in [6.45, 7) is 0. The van der Waals surface area contributed by atoms with Gasteiger partial charge in [0.1, 0.15) is 11.2 Å². The van der Waals surface area contributed by atoms with Gasteiger partial charge in [0.05, 0.1) is 22.1 Å². The fourth-order valence-corrected chi connectivity index (χ4v) is 7.44. The molecular weight excluding hydrogens is 548 g/mol. The molecule has 10 rings (SSSR count). The lowest BCUT2D eigenvalue weighted by molar-refractivity contribution is 0.670. The van der Waals surface area contributed by atoms with E-state index in [1.54, 1.807) is 0 Å². The molecule has 3 heteroatoms. The summed E-state index contributed by atoms with van der Waals surface area (Å²) in [4.78, 5) is 0. The Kier molecular flexibility index (Phi) is 5.00. The molecule has 210 valence electrons. The smallest absolute Gasteiger partial charge is 0.143 e. The third kappa shape index (κ3) is 3.41. The number of rotatable bonds is 3. The summed E-state index contributed by atoms with van der Waals surface area (Å²) in [5.41, 5.74) is 11.2. The van der Waals surface area contributed by atoms with E-state index in [2.05, 4.69) is 155 Å². The molecule has 0 bridgehead atoms. The Balaban J connectivity index is 1.27. The van der Waals surface area contributed by atoms with Crippen molar-refractivity contribution in [3.05, 3.63) is 158 Å². The average Bonchev–Trinajstić information content (AvgIpc) is 3.76. The number of furan rings is 1. The first-order valence-corrected chi connectivity index (χ1v) is 15.4. The normalized spacial score (nSPS) is 12.0. The van der Waals surface area contributed by atoms with Crippen molar-refractivity contribution in [2.75, 3.05) is 0 Å². The van der Waals surface area contributed by atoms with E-state index in [1.807, 2.05) is 12.1 Å². The number of fused-ring (bicyclic) bond motifs is 10. The van der Waals surface area contributed by atoms with Crippen LogP contribution in [0.2, 0.25) is 0 Å². The first kappa shape index (κ1) is 24.4. The molecule has 0 atom stereocenters. The Labute approximate surface area is 258 Å². The highest BCUT2D eigenvalue weighted by Gasteiger charge is 2.20. The van der Waals surface area contributed by atoms with E-state index in [0.717, 1.165) is 38.8 Å². The highest BCUT2D eigenvalue weighted by molar-refractivity contribution is 6.29. The second kappa shape index (κ2) is 9.22. The zero-order valence-electron chi connectivity index (χ0n) is 24.3. The second-order valence-corrected chi connectivity index (χ2v) is 11.7. The Hall–Kier alpha value is -6.06. The van der Waals surface area contributed by atoms with Gasteiger partial charge >= 0.3 is 0 Å². The molecule has 0 amide bonds. The van der Waals surface area contributed by atoms with Gasteiger partial charge in [-0.25, -0.2) is 0 Å². The van der Waals surface area contributed by atoms with E-state index in [9.17, 15) is 0 Å². The predicted molar refractivity (Wildman–Crippen MR) is 188 cm³/mol. The monoisotopic (exact) mass is 574 g/mol. The molecule has 0 aliphatic rings. The van der Waals surface area contributed by atoms with E-state index in [0.29, 0.717) is 0 Å². The molecule has 3 aromatic heterocycles. The summed E-state index contributed by atoms with van der Waals surface area (Å²) in [5.74, 6) is 0. The lowest BCUT2D eigenvalue weighted by atomic mass is 10.0. The maximum atomic E-state index is 6.43. The quantitative estimate of drug-likeness (QED) is 0.206. The maximum Gasteiger partial charge on any atom is 0.143 e. The fraction of sp³-hybridized carbons (Fsp3) is 0. The van der Waals surface area contributed by atoms with Gasteiger partial charge in [-0.05, 0) is 60.2 Å². The van der Waals surface area contributed by atoms with Crippen LogP contribution in [-0.2, 0) is 0 Å². The van der Waals surface area contributed by atoms with Crippen molar-refractivity contribution < 1.29 is 4.42 Å². The van der Waals surface area contributed by atoms with E-state index in [-0.39, 0.29) is 0 Å². The molecule has 0 saturated heterocycles. The standard InChI is InChI=1S/C42H26N2O/c1-2-13-28(14-3-1)43-35-21-7-4-17-33(35)40-37(43)24-25-38-41(40)34-18-5-8-22-36(34)44(38)29-15-10-12-27(26-29)30-19-11-20-32-31-16-6-9-23-39(31)45-42(30)32/h1-26H. The van der Waals surface area contributed by atoms with Crippen molar-refractivity contribution in [1.29, 1.82) is 0 Å². The number of aromatic nitrogens is 2. The number of para-hydroxylation sites is 5. The van der Waals surface area contributed by atoms with Crippen molar-refractivity contribution in [3.8, 4) is 22.5 Å². The predicted octanol–water partition coefficient (Wildman–Crippen LogP) is 11.4. The molecule has 0 fully saturated rings. The van der Waals surface area contributed by atoms with Crippen LogP contribution in [0.4, 0.5) is 0 Å². The molecule has 0 radical (unpaired) electrons. The molecule has 7 aromatic carbocycles. The van der Waals surface area contributed by atoms with Crippen molar-refractivity contribution >= 4 is 65.6 Å². The molecule has 3 heterocycles. The molecule has 0 N–H and O–H groups in total. The van der Waals surface area contributed by atoms with Crippen LogP contribution in [0.3, 0.4) is 0 Å². The van der Waals surface area contributed by atoms with Crippen LogP contribution in [0.25, 0.3) is 88.1 Å². The SMILES string of the molecule is c1ccc(-n2c3ccccc3c3c4c5ccccc5n(-c5cccc(-c6cccc7c6oc6ccccc67)c5)c4ccc32)cc1. The molecule has 0 unspecified atom stereocenters. The van der Waals surface area contributed by atoms with E-state index >= 15 is 0 Å². The van der Waals surface area contributed by atoms with Crippen molar-refractivity contribution in [2.45, 2.75) is 0 Å². The molecule has 0 spiro atoms. The lowest BCUT2D eigenvalue weighted by Gasteiger charge is -2.11. The summed E-state index contributed by atoms with van der Waals surface area (Å²) < 4.78 is 11.2. The lowest BCUT2D eigenvalue weighted by Crippen LogP contribution is -1.95. The Morgan fingerprint density at radius 1 is 0.378 bits per heavy atom. The highest BCUT2D eigenvalue weighted by Crippen LogP contribution is 2.43. The molecule has 0 saturated carbocycles. The fourth-order valence-electron chi connectivity index (χ4n) is 7.44. The first-order chi connectivity index (χ1) is 22.3. The van der Waals surface area contributed by atoms with E-state index in [1.165, 1.54) is 49.3 Å². The largest absolute Gasteiger partial charge is 0.455 e. The van der Waals surface area contributed by atoms with E-state index < -0.39 is 0 Å². The van der Waals surface area contributed by atoms with Crippen molar-refractivity contribution in [3.63, 3.8) is 0 Å². The highest BCUT2D eigenvalue weighted by atomic mass is 16.3. The maximum absolute atomic E-state index is 6.43. The molecular formula is C42H26N2O. The van der Waals surface area contributed by atoms with Gasteiger partial charge in [-0.2, -0.15) is 0 Å². The Morgan fingerprint density at radius 3 is 1.67 bits per heavy atom. The number of hydrogen-bond acceptors (Lipinski definition) is 1. The molecule has 3 nitrogen and oxygen atoms in total. The van der Waals surface area contributed by atoms with Gasteiger partial charge in [-0.3, -0.25) is 0 Å². The Morgan fingerprint density at radius 2 is 0.933 bits per heavy atom. The molecule has 10 aromatic rings. The first-order valence-electron chi connectivity index (χ1n) is 15.4. The third-order valence-corrected chi connectivity index (χ3v) is 9.31. The summed E-state index contributed by atoms with van der Waals surface area (Å²) in [6, 6.07) is 56.4. The number of benzene rings is 7. The van der Waals surface area contributed by atoms with Gasteiger partial charge in [0.2, 0.25) is 0 Å². The van der Waals surface area contributed by atoms with Crippen LogP contribution < -0.4 is 0 Å². The van der Waals surface area contributed by atoms with Gasteiger partial charge < -0.3 is 13.6 Å². The van der Waals surface area contributed by atoms with Crippen LogP contribution in [0.1, 0.15) is 0 Å². The minimum atomic E-state index is 0.914. The summed E-state index contributed by atoms with van der Waals surface area (Å²) in [7, 11) is 0. The van der Waals surface area contributed by atoms with Crippen LogP contribution in [-0.4, -0.2) is 9.13 Å². The third-order valence-electron chi connectivity index (χ3n) is 9.31. The van der Waals surface area contributed by atoms with Crippen molar-refractivity contribution in [2.24, 2.45) is 0 Å². The minimum Gasteiger partial charge on any atom is -0.455 e. The number of nitrogens with zero attached hydrogens (tertiary/aromatic N) is 2. The Bertz CT molecular complexity index is 2760. The van der Waals surface area contributed by atoms with Crippen LogP contribution in [0.5, 0.6) is 0 Å². The molecule has 45 heavy (non-hydrogen) atoms. The average molecular weight is 575 g/mol. The minimum absolute atomic E-state index is 0.914. The van der Waals surface area contributed by atoms with Gasteiger partial charge in [0.25, 0.3) is 0 Å². The van der Waals surface area contributed by atoms with Crippen LogP contribution >= 0.6 is 0 Å². The number of hydrogen-bond donors (Lipinski definition) is 0. The topological polar surface area (TPSA) is 23.0 Å². The van der Waals surface area contributed by atoms with Crippen LogP contribution in [0.15, 0.2) is 162 Å². The zero-order chi connectivity index (χ0) is 29.5. The molecule has 0 aliphatic heterocycles. The molecule has 0 aliphatic carbocycles. The van der Waals surface area contributed by atoms with Crippen LogP contribution in [0, 0.1) is 0 Å². The second-order valence-electron chi connectivity index (χ2n) is 11.7. The van der Waals surface area contributed by atoms with E-state index in [4.69, 9.17) is 4.42 Å². The van der Waals surface area contributed by atoms with Crippen molar-refractivity contribution in [1.82, 2.24) is 9.13 Å². The summed E-state index contributed by atoms with van der Waals surface area (Å²) in [5, 5.41) is 7.35. The summed E-state index contributed by atoms with van der Waals surface area (Å²) >= 11 is 0. The van der Waals surface area contributed by atoms with Gasteiger partial charge in [-0.15, -0.1) is 0 Å². The summed E-state index contributed by atoms with van der Waals surface area (Å²) in [6.07, 6.45) is 0.